The van der Waals surface area contributed by atoms with E-state index in [-0.39, 0.29) is 11.1 Å². The van der Waals surface area contributed by atoms with Gasteiger partial charge in [-0.05, 0) is 16.4 Å². The number of fused-ring (bicyclic) bond motifs is 1. The lowest BCUT2D eigenvalue weighted by Crippen LogP contribution is -2.66. The van der Waals surface area contributed by atoms with E-state index in [2.05, 4.69) is 32.8 Å². The maximum atomic E-state index is 12.7. The highest BCUT2D eigenvalue weighted by molar-refractivity contribution is 7.08. The van der Waals surface area contributed by atoms with Gasteiger partial charge in [0.2, 0.25) is 0 Å². The van der Waals surface area contributed by atoms with Crippen molar-refractivity contribution in [1.29, 1.82) is 0 Å². The van der Waals surface area contributed by atoms with Crippen molar-refractivity contribution in [1.82, 2.24) is 0 Å². The molecule has 8 heteroatoms. The molecule has 0 aromatic heterocycles. The lowest BCUT2D eigenvalue weighted by atomic mass is 10.0. The predicted octanol–water partition coefficient (Wildman–Crippen LogP) is 2.22. The Morgan fingerprint density at radius 1 is 0.815 bits per heavy atom. The molecule has 0 N–H and O–H groups in total. The van der Waals surface area contributed by atoms with Gasteiger partial charge in [-0.3, -0.25) is 0 Å². The van der Waals surface area contributed by atoms with E-state index in [0.717, 1.165) is 16.4 Å². The highest BCUT2D eigenvalue weighted by atomic mass is 28.3. The summed E-state index contributed by atoms with van der Waals surface area (Å²) in [6.07, 6.45) is 0. The summed E-state index contributed by atoms with van der Waals surface area (Å²) in [6, 6.07) is 0.900. The minimum Gasteiger partial charge on any atom is -0.496 e. The molecule has 0 atom stereocenters. The van der Waals surface area contributed by atoms with Crippen LogP contribution < -0.4 is 19.8 Å². The quantitative estimate of drug-likeness (QED) is 0.562. The van der Waals surface area contributed by atoms with E-state index in [9.17, 15) is 9.59 Å². The Labute approximate surface area is 162 Å². The molecule has 0 saturated heterocycles. The van der Waals surface area contributed by atoms with Crippen LogP contribution >= 0.6 is 0 Å². The van der Waals surface area contributed by atoms with E-state index in [1.54, 1.807) is 0 Å². The largest absolute Gasteiger partial charge is 0.496 e. The van der Waals surface area contributed by atoms with Gasteiger partial charge in [-0.1, -0.05) is 31.4 Å². The van der Waals surface area contributed by atoms with E-state index in [1.807, 2.05) is 0 Å². The molecule has 0 fully saturated rings. The van der Waals surface area contributed by atoms with E-state index in [1.165, 1.54) is 33.6 Å². The van der Waals surface area contributed by atoms with Gasteiger partial charge in [-0.15, -0.1) is 6.58 Å². The summed E-state index contributed by atoms with van der Waals surface area (Å²) in [5, 5.41) is 3.19. The van der Waals surface area contributed by atoms with E-state index >= 15 is 0 Å². The number of carbonyl (C=O) groups excluding carboxylic acids is 2. The van der Waals surface area contributed by atoms with Crippen molar-refractivity contribution in [2.45, 2.75) is 32.2 Å². The first-order chi connectivity index (χ1) is 12.5. The van der Waals surface area contributed by atoms with Crippen molar-refractivity contribution in [3.63, 3.8) is 0 Å². The van der Waals surface area contributed by atoms with E-state index < -0.39 is 28.1 Å². The van der Waals surface area contributed by atoms with Crippen LogP contribution in [-0.4, -0.2) is 56.5 Å². The molecule has 27 heavy (non-hydrogen) atoms. The number of benzene rings is 1. The SMILES string of the molecule is C=C1C[Si](C)(C)c2c(OC)c(C(=O)OC)c(C(=O)OC)c(OC)c2[Si]1(C)C. The van der Waals surface area contributed by atoms with Gasteiger partial charge in [-0.25, -0.2) is 9.59 Å². The number of ether oxygens (including phenoxy) is 4. The van der Waals surface area contributed by atoms with Gasteiger partial charge < -0.3 is 18.9 Å². The molecule has 0 saturated carbocycles. The minimum absolute atomic E-state index is 0.0579. The molecule has 1 aliphatic rings. The van der Waals surface area contributed by atoms with Crippen molar-refractivity contribution in [2.24, 2.45) is 0 Å². The van der Waals surface area contributed by atoms with Gasteiger partial charge in [-0.2, -0.15) is 0 Å². The molecule has 6 nitrogen and oxygen atoms in total. The van der Waals surface area contributed by atoms with Crippen LogP contribution in [0.15, 0.2) is 11.8 Å². The third-order valence-corrected chi connectivity index (χ3v) is 12.9. The second kappa shape index (κ2) is 7.16. The molecule has 1 aliphatic heterocycles. The highest BCUT2D eigenvalue weighted by Gasteiger charge is 2.49. The molecule has 0 radical (unpaired) electrons. The molecule has 0 aliphatic carbocycles. The number of hydrogen-bond donors (Lipinski definition) is 0. The second-order valence-corrected chi connectivity index (χ2v) is 16.9. The van der Waals surface area contributed by atoms with Crippen LogP contribution in [0.5, 0.6) is 11.5 Å². The van der Waals surface area contributed by atoms with Crippen LogP contribution in [0, 0.1) is 0 Å². The Kier molecular flexibility index (Phi) is 5.63. The lowest BCUT2D eigenvalue weighted by Gasteiger charge is -2.43. The summed E-state index contributed by atoms with van der Waals surface area (Å²) in [5.41, 5.74) is 0.128. The lowest BCUT2D eigenvalue weighted by molar-refractivity contribution is 0.0549. The van der Waals surface area contributed by atoms with E-state index in [0.29, 0.717) is 11.5 Å². The number of hydrogen-bond acceptors (Lipinski definition) is 6. The van der Waals surface area contributed by atoms with Gasteiger partial charge in [0, 0.05) is 0 Å². The Morgan fingerprint density at radius 2 is 1.22 bits per heavy atom. The smallest absolute Gasteiger partial charge is 0.342 e. The molecule has 0 spiro atoms. The summed E-state index contributed by atoms with van der Waals surface area (Å²) in [4.78, 5) is 25.3. The fourth-order valence-corrected chi connectivity index (χ4v) is 13.8. The monoisotopic (exact) mass is 408 g/mol. The first-order valence-electron chi connectivity index (χ1n) is 8.67. The molecule has 1 heterocycles. The summed E-state index contributed by atoms with van der Waals surface area (Å²) in [7, 11) is 1.30. The Hall–Kier alpha value is -2.07. The molecule has 1 aromatic rings. The van der Waals surface area contributed by atoms with Crippen molar-refractivity contribution in [3.05, 3.63) is 22.9 Å². The summed E-state index contributed by atoms with van der Waals surface area (Å²) >= 11 is 0. The summed E-state index contributed by atoms with van der Waals surface area (Å²) < 4.78 is 21.4. The molecule has 1 aromatic carbocycles. The maximum Gasteiger partial charge on any atom is 0.342 e. The van der Waals surface area contributed by atoms with Crippen molar-refractivity contribution < 1.29 is 28.5 Å². The molecule has 0 amide bonds. The fourth-order valence-electron chi connectivity index (χ4n) is 3.97. The van der Waals surface area contributed by atoms with Crippen LogP contribution in [0.3, 0.4) is 0 Å². The number of methoxy groups -OCH3 is 4. The summed E-state index contributed by atoms with van der Waals surface area (Å²) in [5.74, 6) is -0.519. The zero-order valence-electron chi connectivity index (χ0n) is 17.4. The Bertz CT molecular complexity index is 826. The first kappa shape index (κ1) is 21.2. The van der Waals surface area contributed by atoms with Crippen molar-refractivity contribution >= 4 is 38.5 Å². The molecule has 0 unspecified atom stereocenters. The van der Waals surface area contributed by atoms with Gasteiger partial charge in [0.1, 0.15) is 30.7 Å². The summed E-state index contributed by atoms with van der Waals surface area (Å²) in [6.45, 7) is 13.1. The van der Waals surface area contributed by atoms with Gasteiger partial charge in [0.15, 0.2) is 0 Å². The average Bonchev–Trinajstić information content (AvgIpc) is 2.62. The number of allylic oxidation sites excluding steroid dienone is 1. The molecular formula is C19H28O6Si2. The molecule has 0 bridgehead atoms. The Morgan fingerprint density at radius 3 is 1.59 bits per heavy atom. The molecular weight excluding hydrogens is 380 g/mol. The second-order valence-electron chi connectivity index (χ2n) is 7.84. The number of esters is 2. The van der Waals surface area contributed by atoms with Crippen LogP contribution in [0.1, 0.15) is 20.7 Å². The van der Waals surface area contributed by atoms with Gasteiger partial charge in [0.25, 0.3) is 0 Å². The van der Waals surface area contributed by atoms with Crippen LogP contribution in [0.2, 0.25) is 32.2 Å². The van der Waals surface area contributed by atoms with Crippen LogP contribution in [-0.2, 0) is 9.47 Å². The Balaban J connectivity index is 3.20. The maximum absolute atomic E-state index is 12.7. The van der Waals surface area contributed by atoms with Crippen LogP contribution in [0.4, 0.5) is 0 Å². The van der Waals surface area contributed by atoms with Gasteiger partial charge >= 0.3 is 11.9 Å². The molecule has 148 valence electrons. The van der Waals surface area contributed by atoms with E-state index in [4.69, 9.17) is 18.9 Å². The highest BCUT2D eigenvalue weighted by Crippen LogP contribution is 2.39. The average molecular weight is 409 g/mol. The number of carbonyl (C=O) groups is 2. The topological polar surface area (TPSA) is 71.1 Å². The zero-order chi connectivity index (χ0) is 20.7. The minimum atomic E-state index is -2.20. The van der Waals surface area contributed by atoms with Gasteiger partial charge in [0.05, 0.1) is 36.5 Å². The fraction of sp³-hybridized carbons (Fsp3) is 0.474. The van der Waals surface area contributed by atoms with Crippen molar-refractivity contribution in [2.75, 3.05) is 28.4 Å². The zero-order valence-corrected chi connectivity index (χ0v) is 19.4. The molecule has 2 rings (SSSR count). The predicted molar refractivity (Wildman–Crippen MR) is 110 cm³/mol. The first-order valence-corrected chi connectivity index (χ1v) is 14.9. The standard InChI is InChI=1S/C19H28O6Si2/c1-11-10-26(6,7)16-14(22-2)12(18(20)24-4)13(19(21)25-5)15(23-3)17(16)27(11,8)9/h1,10H2,2-9H3. The van der Waals surface area contributed by atoms with Crippen LogP contribution in [0.25, 0.3) is 0 Å². The normalized spacial score (nSPS) is 17.0. The third kappa shape index (κ3) is 3.10. The number of rotatable bonds is 4. The third-order valence-electron chi connectivity index (χ3n) is 5.44. The van der Waals surface area contributed by atoms with Crippen molar-refractivity contribution in [3.8, 4) is 11.5 Å².